The number of hydrogen-bond acceptors (Lipinski definition) is 4. The van der Waals surface area contributed by atoms with Gasteiger partial charge in [-0.15, -0.1) is 0 Å². The zero-order valence-corrected chi connectivity index (χ0v) is 11.4. The van der Waals surface area contributed by atoms with Gasteiger partial charge in [0.25, 0.3) is 5.91 Å². The average Bonchev–Trinajstić information content (AvgIpc) is 2.46. The molecule has 21 heavy (non-hydrogen) atoms. The standard InChI is InChI=1S/C13H17F3N4O/c14-13(15,16)9-19-3-5-20(6-4-19)12(21)11-2-1-10(7-17)8-18-11/h1-2,8H,3-7,9,17H2. The lowest BCUT2D eigenvalue weighted by Crippen LogP contribution is -2.51. The van der Waals surface area contributed by atoms with Crippen LogP contribution >= 0.6 is 0 Å². The van der Waals surface area contributed by atoms with E-state index in [0.29, 0.717) is 6.54 Å². The second kappa shape index (κ2) is 6.40. The molecule has 2 heterocycles. The molecule has 8 heteroatoms. The van der Waals surface area contributed by atoms with Crippen LogP contribution in [0.3, 0.4) is 0 Å². The van der Waals surface area contributed by atoms with Crippen LogP contribution in [-0.4, -0.2) is 59.6 Å². The van der Waals surface area contributed by atoms with E-state index in [9.17, 15) is 18.0 Å². The van der Waals surface area contributed by atoms with Gasteiger partial charge >= 0.3 is 6.18 Å². The van der Waals surface area contributed by atoms with Crippen molar-refractivity contribution in [3.8, 4) is 0 Å². The molecule has 0 unspecified atom stereocenters. The van der Waals surface area contributed by atoms with Crippen molar-refractivity contribution < 1.29 is 18.0 Å². The molecule has 2 N–H and O–H groups in total. The van der Waals surface area contributed by atoms with E-state index < -0.39 is 12.7 Å². The number of carbonyl (C=O) groups excluding carboxylic acids is 1. The van der Waals surface area contributed by atoms with Crippen LogP contribution in [0.4, 0.5) is 13.2 Å². The summed E-state index contributed by atoms with van der Waals surface area (Å²) in [6, 6.07) is 3.31. The lowest BCUT2D eigenvalue weighted by Gasteiger charge is -2.34. The first-order valence-electron chi connectivity index (χ1n) is 6.62. The fourth-order valence-electron chi connectivity index (χ4n) is 2.20. The Labute approximate surface area is 120 Å². The fourth-order valence-corrected chi connectivity index (χ4v) is 2.20. The van der Waals surface area contributed by atoms with Crippen LogP contribution in [0.15, 0.2) is 18.3 Å². The highest BCUT2D eigenvalue weighted by Crippen LogP contribution is 2.18. The summed E-state index contributed by atoms with van der Waals surface area (Å²) in [5.41, 5.74) is 6.56. The molecule has 5 nitrogen and oxygen atoms in total. The van der Waals surface area contributed by atoms with Crippen molar-refractivity contribution in [2.24, 2.45) is 5.73 Å². The van der Waals surface area contributed by atoms with Crippen molar-refractivity contribution >= 4 is 5.91 Å². The number of rotatable bonds is 3. The number of amides is 1. The normalized spacial score (nSPS) is 17.0. The molecular weight excluding hydrogens is 285 g/mol. The van der Waals surface area contributed by atoms with E-state index in [-0.39, 0.29) is 37.8 Å². The number of aromatic nitrogens is 1. The number of piperazine rings is 1. The summed E-state index contributed by atoms with van der Waals surface area (Å²) in [6.07, 6.45) is -2.67. The molecule has 1 amide bonds. The Morgan fingerprint density at radius 3 is 2.38 bits per heavy atom. The molecule has 0 saturated carbocycles. The van der Waals surface area contributed by atoms with Crippen molar-refractivity contribution in [1.82, 2.24) is 14.8 Å². The van der Waals surface area contributed by atoms with E-state index >= 15 is 0 Å². The summed E-state index contributed by atoms with van der Waals surface area (Å²) in [7, 11) is 0. The Kier molecular flexibility index (Phi) is 4.79. The third kappa shape index (κ3) is 4.40. The molecule has 1 aliphatic heterocycles. The summed E-state index contributed by atoms with van der Waals surface area (Å²) >= 11 is 0. The summed E-state index contributed by atoms with van der Waals surface area (Å²) in [6.45, 7) is 0.388. The van der Waals surface area contributed by atoms with E-state index in [0.717, 1.165) is 5.56 Å². The first kappa shape index (κ1) is 15.7. The first-order chi connectivity index (χ1) is 9.89. The number of pyridine rings is 1. The molecule has 1 fully saturated rings. The highest BCUT2D eigenvalue weighted by atomic mass is 19.4. The molecule has 0 bridgehead atoms. The van der Waals surface area contributed by atoms with Gasteiger partial charge in [-0.05, 0) is 11.6 Å². The van der Waals surface area contributed by atoms with Gasteiger partial charge in [-0.1, -0.05) is 6.07 Å². The van der Waals surface area contributed by atoms with Gasteiger partial charge in [0.05, 0.1) is 6.54 Å². The summed E-state index contributed by atoms with van der Waals surface area (Å²) in [4.78, 5) is 19.0. The van der Waals surface area contributed by atoms with Crippen molar-refractivity contribution in [3.63, 3.8) is 0 Å². The van der Waals surface area contributed by atoms with Crippen LogP contribution < -0.4 is 5.73 Å². The number of alkyl halides is 3. The average molecular weight is 302 g/mol. The van der Waals surface area contributed by atoms with Crippen molar-refractivity contribution in [2.75, 3.05) is 32.7 Å². The summed E-state index contributed by atoms with van der Waals surface area (Å²) in [5, 5.41) is 0. The molecule has 1 saturated heterocycles. The van der Waals surface area contributed by atoms with Gasteiger partial charge in [-0.2, -0.15) is 13.2 Å². The molecule has 1 aromatic heterocycles. The van der Waals surface area contributed by atoms with Gasteiger partial charge in [0, 0.05) is 38.9 Å². The van der Waals surface area contributed by atoms with Gasteiger partial charge < -0.3 is 10.6 Å². The van der Waals surface area contributed by atoms with Crippen molar-refractivity contribution in [1.29, 1.82) is 0 Å². The zero-order valence-electron chi connectivity index (χ0n) is 11.4. The maximum Gasteiger partial charge on any atom is 0.401 e. The highest BCUT2D eigenvalue weighted by molar-refractivity contribution is 5.92. The predicted molar refractivity (Wildman–Crippen MR) is 70.5 cm³/mol. The Morgan fingerprint density at radius 2 is 1.90 bits per heavy atom. The number of hydrogen-bond donors (Lipinski definition) is 1. The minimum Gasteiger partial charge on any atom is -0.335 e. The molecule has 0 aromatic carbocycles. The number of carbonyl (C=O) groups is 1. The van der Waals surface area contributed by atoms with Crippen LogP contribution in [0, 0.1) is 0 Å². The smallest absolute Gasteiger partial charge is 0.335 e. The minimum absolute atomic E-state index is 0.214. The predicted octanol–water partition coefficient (Wildman–Crippen LogP) is 0.860. The Balaban J connectivity index is 1.90. The van der Waals surface area contributed by atoms with Gasteiger partial charge in [0.2, 0.25) is 0 Å². The van der Waals surface area contributed by atoms with Crippen molar-refractivity contribution in [2.45, 2.75) is 12.7 Å². The topological polar surface area (TPSA) is 62.5 Å². The molecule has 0 atom stereocenters. The van der Waals surface area contributed by atoms with Gasteiger partial charge in [-0.25, -0.2) is 0 Å². The summed E-state index contributed by atoms with van der Waals surface area (Å²) < 4.78 is 36.9. The van der Waals surface area contributed by atoms with Crippen molar-refractivity contribution in [3.05, 3.63) is 29.6 Å². The lowest BCUT2D eigenvalue weighted by molar-refractivity contribution is -0.148. The van der Waals surface area contributed by atoms with Gasteiger partial charge in [0.1, 0.15) is 5.69 Å². The van der Waals surface area contributed by atoms with Gasteiger partial charge in [0.15, 0.2) is 0 Å². The van der Waals surface area contributed by atoms with Crippen LogP contribution in [0.5, 0.6) is 0 Å². The molecule has 0 radical (unpaired) electrons. The Hall–Kier alpha value is -1.67. The molecule has 2 rings (SSSR count). The highest BCUT2D eigenvalue weighted by Gasteiger charge is 2.33. The monoisotopic (exact) mass is 302 g/mol. The van der Waals surface area contributed by atoms with Crippen LogP contribution in [0.1, 0.15) is 16.1 Å². The van der Waals surface area contributed by atoms with E-state index in [1.165, 1.54) is 16.0 Å². The fraction of sp³-hybridized carbons (Fsp3) is 0.538. The number of halogens is 3. The third-order valence-corrected chi connectivity index (χ3v) is 3.34. The molecule has 0 spiro atoms. The zero-order chi connectivity index (χ0) is 15.5. The number of nitrogens with two attached hydrogens (primary N) is 1. The molecular formula is C13H17F3N4O. The second-order valence-electron chi connectivity index (χ2n) is 4.94. The van der Waals surface area contributed by atoms with Gasteiger partial charge in [-0.3, -0.25) is 14.7 Å². The van der Waals surface area contributed by atoms with E-state index in [4.69, 9.17) is 5.73 Å². The van der Waals surface area contributed by atoms with E-state index in [2.05, 4.69) is 4.98 Å². The Morgan fingerprint density at radius 1 is 1.24 bits per heavy atom. The molecule has 1 aromatic rings. The molecule has 116 valence electrons. The Bertz CT molecular complexity index is 481. The quantitative estimate of drug-likeness (QED) is 0.899. The SMILES string of the molecule is NCc1ccc(C(=O)N2CCN(CC(F)(F)F)CC2)nc1. The largest absolute Gasteiger partial charge is 0.401 e. The van der Waals surface area contributed by atoms with Crippen LogP contribution in [-0.2, 0) is 6.54 Å². The maximum atomic E-state index is 12.3. The minimum atomic E-state index is -4.20. The number of nitrogens with zero attached hydrogens (tertiary/aromatic N) is 3. The summed E-state index contributed by atoms with van der Waals surface area (Å²) in [5.74, 6) is -0.259. The van der Waals surface area contributed by atoms with Crippen LogP contribution in [0.25, 0.3) is 0 Å². The molecule has 0 aliphatic carbocycles. The third-order valence-electron chi connectivity index (χ3n) is 3.34. The van der Waals surface area contributed by atoms with E-state index in [1.54, 1.807) is 12.1 Å². The van der Waals surface area contributed by atoms with E-state index in [1.807, 2.05) is 0 Å². The van der Waals surface area contributed by atoms with Crippen LogP contribution in [0.2, 0.25) is 0 Å². The molecule has 1 aliphatic rings. The lowest BCUT2D eigenvalue weighted by atomic mass is 10.2. The second-order valence-corrected chi connectivity index (χ2v) is 4.94. The first-order valence-corrected chi connectivity index (χ1v) is 6.62. The maximum absolute atomic E-state index is 12.3.